The van der Waals surface area contributed by atoms with Gasteiger partial charge in [-0.15, -0.1) is 0 Å². The van der Waals surface area contributed by atoms with E-state index in [1.807, 2.05) is 0 Å². The van der Waals surface area contributed by atoms with Crippen molar-refractivity contribution in [2.24, 2.45) is 0 Å². The van der Waals surface area contributed by atoms with E-state index >= 15 is 0 Å². The molecule has 1 N–H and O–H groups in total. The van der Waals surface area contributed by atoms with Gasteiger partial charge in [-0.05, 0) is 39.8 Å². The van der Waals surface area contributed by atoms with E-state index in [0.717, 1.165) is 0 Å². The zero-order valence-electron chi connectivity index (χ0n) is 10.4. The maximum absolute atomic E-state index is 13.5. The molecule has 0 heterocycles. The molecule has 1 rings (SSSR count). The van der Waals surface area contributed by atoms with Gasteiger partial charge in [-0.25, -0.2) is 4.39 Å². The summed E-state index contributed by atoms with van der Waals surface area (Å²) in [6.45, 7) is 6.70. The average molecular weight is 258 g/mol. The van der Waals surface area contributed by atoms with Gasteiger partial charge in [0.15, 0.2) is 0 Å². The lowest BCUT2D eigenvalue weighted by Gasteiger charge is -2.37. The van der Waals surface area contributed by atoms with E-state index in [0.29, 0.717) is 0 Å². The third-order valence-corrected chi connectivity index (χ3v) is 3.27. The zero-order valence-corrected chi connectivity index (χ0v) is 11.2. The summed E-state index contributed by atoms with van der Waals surface area (Å²) in [6.07, 6.45) is 0. The van der Waals surface area contributed by atoms with Crippen LogP contribution in [-0.2, 0) is 4.65 Å². The Morgan fingerprint density at radius 2 is 1.88 bits per heavy atom. The minimum atomic E-state index is -1.05. The highest BCUT2D eigenvalue weighted by Crippen LogP contribution is 2.24. The van der Waals surface area contributed by atoms with Crippen molar-refractivity contribution >= 4 is 24.5 Å². The third kappa shape index (κ3) is 3.44. The maximum atomic E-state index is 13.5. The quantitative estimate of drug-likeness (QED) is 0.839. The van der Waals surface area contributed by atoms with Crippen LogP contribution < -0.4 is 5.46 Å². The first-order valence-electron chi connectivity index (χ1n) is 5.32. The van der Waals surface area contributed by atoms with E-state index in [1.54, 1.807) is 33.8 Å². The first kappa shape index (κ1) is 14.5. The second kappa shape index (κ2) is 4.97. The van der Waals surface area contributed by atoms with Crippen LogP contribution in [0.2, 0.25) is 5.02 Å². The largest absolute Gasteiger partial charge is 0.426 e. The van der Waals surface area contributed by atoms with Crippen LogP contribution in [0.4, 0.5) is 4.39 Å². The molecule has 0 saturated carbocycles. The van der Waals surface area contributed by atoms with Gasteiger partial charge < -0.3 is 9.76 Å². The second-order valence-electron chi connectivity index (χ2n) is 4.94. The summed E-state index contributed by atoms with van der Waals surface area (Å²) in [6, 6.07) is 4.41. The lowest BCUT2D eigenvalue weighted by Crippen LogP contribution is -2.49. The minimum Gasteiger partial charge on any atom is -0.426 e. The summed E-state index contributed by atoms with van der Waals surface area (Å²) >= 11 is 5.86. The highest BCUT2D eigenvalue weighted by Gasteiger charge is 2.36. The van der Waals surface area contributed by atoms with Crippen LogP contribution in [-0.4, -0.2) is 23.8 Å². The van der Waals surface area contributed by atoms with Crippen LogP contribution in [0.5, 0.6) is 0 Å². The van der Waals surface area contributed by atoms with Gasteiger partial charge in [0.25, 0.3) is 0 Å². The monoisotopic (exact) mass is 257 g/mol. The summed E-state index contributed by atoms with van der Waals surface area (Å²) in [5, 5.41) is 10.2. The van der Waals surface area contributed by atoms with Gasteiger partial charge >= 0.3 is 7.48 Å². The molecule has 0 aliphatic carbocycles. The van der Waals surface area contributed by atoms with Crippen molar-refractivity contribution in [3.63, 3.8) is 0 Å². The maximum Gasteiger partial charge on any atom is 0.335 e. The molecule has 0 amide bonds. The Morgan fingerprint density at radius 3 is 2.35 bits per heavy atom. The average Bonchev–Trinajstić information content (AvgIpc) is 2.15. The summed E-state index contributed by atoms with van der Waals surface area (Å²) in [5.74, 6) is -0.455. The Kier molecular flexibility index (Phi) is 4.23. The van der Waals surface area contributed by atoms with Crippen LogP contribution in [0.1, 0.15) is 27.7 Å². The van der Waals surface area contributed by atoms with E-state index in [9.17, 15) is 9.50 Å². The summed E-state index contributed by atoms with van der Waals surface area (Å²) in [4.78, 5) is 0. The van der Waals surface area contributed by atoms with Gasteiger partial charge in [-0.2, -0.15) is 0 Å². The van der Waals surface area contributed by atoms with Gasteiger partial charge in [0.05, 0.1) is 11.2 Å². The van der Waals surface area contributed by atoms with Crippen molar-refractivity contribution in [2.45, 2.75) is 38.9 Å². The minimum absolute atomic E-state index is 0.187. The number of hydrogen-bond donors (Lipinski definition) is 1. The fourth-order valence-electron chi connectivity index (χ4n) is 0.974. The fraction of sp³-hybridized carbons (Fsp3) is 0.500. The Morgan fingerprint density at radius 1 is 1.29 bits per heavy atom. The smallest absolute Gasteiger partial charge is 0.335 e. The highest BCUT2D eigenvalue weighted by molar-refractivity contribution is 6.53. The molecule has 5 heteroatoms. The van der Waals surface area contributed by atoms with Gasteiger partial charge in [0.1, 0.15) is 5.82 Å². The molecule has 0 bridgehead atoms. The van der Waals surface area contributed by atoms with Gasteiger partial charge in [-0.1, -0.05) is 17.7 Å². The SMILES string of the molecule is CC(C)(O)C(C)(C)O[B]c1c(F)cccc1Cl. The van der Waals surface area contributed by atoms with Crippen LogP contribution in [0.25, 0.3) is 0 Å². The van der Waals surface area contributed by atoms with Crippen molar-refractivity contribution in [1.82, 2.24) is 0 Å². The van der Waals surface area contributed by atoms with E-state index in [-0.39, 0.29) is 10.5 Å². The predicted octanol–water partition coefficient (Wildman–Crippen LogP) is 2.29. The number of benzene rings is 1. The summed E-state index contributed by atoms with van der Waals surface area (Å²) in [5.41, 5.74) is -1.72. The number of halogens is 2. The molecule has 0 saturated heterocycles. The van der Waals surface area contributed by atoms with Gasteiger partial charge in [0, 0.05) is 10.5 Å². The van der Waals surface area contributed by atoms with Crippen molar-refractivity contribution < 1.29 is 14.2 Å². The molecule has 1 radical (unpaired) electrons. The lowest BCUT2D eigenvalue weighted by atomic mass is 9.82. The lowest BCUT2D eigenvalue weighted by molar-refractivity contribution is -0.0893. The Labute approximate surface area is 107 Å². The molecule has 0 unspecified atom stereocenters. The number of rotatable bonds is 4. The Balaban J connectivity index is 2.81. The van der Waals surface area contributed by atoms with E-state index < -0.39 is 17.0 Å². The van der Waals surface area contributed by atoms with Crippen LogP contribution in [0.3, 0.4) is 0 Å². The standard InChI is InChI=1S/C12H16BClFO2/c1-11(2,16)12(3,4)17-13-10-8(14)6-5-7-9(10)15/h5-7,16H,1-4H3. The van der Waals surface area contributed by atoms with Crippen LogP contribution in [0.15, 0.2) is 18.2 Å². The number of aliphatic hydroxyl groups is 1. The van der Waals surface area contributed by atoms with Crippen molar-refractivity contribution in [3.8, 4) is 0 Å². The molecule has 1 aromatic carbocycles. The van der Waals surface area contributed by atoms with Crippen molar-refractivity contribution in [1.29, 1.82) is 0 Å². The van der Waals surface area contributed by atoms with E-state index in [1.165, 1.54) is 19.6 Å². The van der Waals surface area contributed by atoms with Gasteiger partial charge in [0.2, 0.25) is 0 Å². The third-order valence-electron chi connectivity index (χ3n) is 2.94. The molecule has 0 aliphatic heterocycles. The molecule has 1 aromatic rings. The molecule has 0 fully saturated rings. The first-order chi connectivity index (χ1) is 7.65. The zero-order chi connectivity index (χ0) is 13.3. The Bertz CT molecular complexity index is 382. The molecule has 2 nitrogen and oxygen atoms in total. The van der Waals surface area contributed by atoms with Gasteiger partial charge in [-0.3, -0.25) is 0 Å². The second-order valence-corrected chi connectivity index (χ2v) is 5.35. The van der Waals surface area contributed by atoms with Crippen LogP contribution >= 0.6 is 11.6 Å². The molecule has 0 atom stereocenters. The van der Waals surface area contributed by atoms with Crippen molar-refractivity contribution in [3.05, 3.63) is 29.0 Å². The highest BCUT2D eigenvalue weighted by atomic mass is 35.5. The molecule has 0 aromatic heterocycles. The predicted molar refractivity (Wildman–Crippen MR) is 68.3 cm³/mol. The first-order valence-corrected chi connectivity index (χ1v) is 5.70. The Hall–Kier alpha value is -0.575. The molecule has 93 valence electrons. The number of hydrogen-bond acceptors (Lipinski definition) is 2. The molecule has 0 spiro atoms. The molecular formula is C12H16BClFO2. The van der Waals surface area contributed by atoms with Crippen LogP contribution in [0, 0.1) is 5.82 Å². The fourth-order valence-corrected chi connectivity index (χ4v) is 1.18. The normalized spacial score (nSPS) is 12.6. The molecular weight excluding hydrogens is 241 g/mol. The van der Waals surface area contributed by atoms with Crippen molar-refractivity contribution in [2.75, 3.05) is 0 Å². The summed E-state index contributed by atoms with van der Waals surface area (Å²) < 4.78 is 18.9. The van der Waals surface area contributed by atoms with E-state index in [4.69, 9.17) is 16.3 Å². The molecule has 0 aliphatic rings. The topological polar surface area (TPSA) is 29.5 Å². The molecule has 17 heavy (non-hydrogen) atoms. The van der Waals surface area contributed by atoms with E-state index in [2.05, 4.69) is 0 Å². The summed E-state index contributed by atoms with van der Waals surface area (Å²) in [7, 11) is 1.25.